The number of carbonyl (C=O) groups is 2. The Balaban J connectivity index is 2.91. The monoisotopic (exact) mass is 327 g/mol. The van der Waals surface area contributed by atoms with Crippen LogP contribution in [0, 0.1) is 0 Å². The number of ether oxygens (including phenoxy) is 3. The van der Waals surface area contributed by atoms with Gasteiger partial charge in [0.05, 0.1) is 21.3 Å². The van der Waals surface area contributed by atoms with Gasteiger partial charge in [0.1, 0.15) is 17.5 Å². The molecule has 0 spiro atoms. The molecule has 0 aliphatic rings. The van der Waals surface area contributed by atoms with Crippen LogP contribution in [0.5, 0.6) is 11.5 Å². The van der Waals surface area contributed by atoms with Crippen molar-refractivity contribution in [3.8, 4) is 11.5 Å². The molecule has 7 heteroatoms. The van der Waals surface area contributed by atoms with Crippen LogP contribution in [0.2, 0.25) is 0 Å². The molecule has 0 bridgehead atoms. The highest BCUT2D eigenvalue weighted by molar-refractivity contribution is 7.98. The van der Waals surface area contributed by atoms with Crippen LogP contribution in [-0.4, -0.2) is 51.3 Å². The minimum Gasteiger partial charge on any atom is -0.497 e. The molecule has 1 N–H and O–H groups in total. The molecular formula is C15H21NO5S. The highest BCUT2D eigenvalue weighted by Crippen LogP contribution is 2.22. The Labute approximate surface area is 134 Å². The van der Waals surface area contributed by atoms with Crippen LogP contribution in [-0.2, 0) is 9.53 Å². The fourth-order valence-corrected chi connectivity index (χ4v) is 2.28. The van der Waals surface area contributed by atoms with Crippen molar-refractivity contribution >= 4 is 23.6 Å². The van der Waals surface area contributed by atoms with Crippen LogP contribution in [0.25, 0.3) is 0 Å². The van der Waals surface area contributed by atoms with Crippen molar-refractivity contribution in [1.29, 1.82) is 0 Å². The topological polar surface area (TPSA) is 73.9 Å². The molecule has 1 atom stereocenters. The van der Waals surface area contributed by atoms with Crippen LogP contribution >= 0.6 is 11.8 Å². The first-order valence-corrected chi connectivity index (χ1v) is 8.05. The number of esters is 1. The van der Waals surface area contributed by atoms with E-state index in [2.05, 4.69) is 5.32 Å². The number of carbonyl (C=O) groups excluding carboxylic acids is 2. The predicted molar refractivity (Wildman–Crippen MR) is 85.8 cm³/mol. The lowest BCUT2D eigenvalue weighted by atomic mass is 10.1. The van der Waals surface area contributed by atoms with Crippen LogP contribution in [0.1, 0.15) is 16.8 Å². The molecule has 0 saturated carbocycles. The third-order valence-electron chi connectivity index (χ3n) is 3.02. The maximum Gasteiger partial charge on any atom is 0.328 e. The number of hydrogen-bond donors (Lipinski definition) is 1. The average molecular weight is 327 g/mol. The largest absolute Gasteiger partial charge is 0.497 e. The smallest absolute Gasteiger partial charge is 0.328 e. The second kappa shape index (κ2) is 9.19. The summed E-state index contributed by atoms with van der Waals surface area (Å²) < 4.78 is 15.0. The third-order valence-corrected chi connectivity index (χ3v) is 3.66. The van der Waals surface area contributed by atoms with Gasteiger partial charge in [-0.3, -0.25) is 4.79 Å². The summed E-state index contributed by atoms with van der Waals surface area (Å²) in [6, 6.07) is 4.16. The Morgan fingerprint density at radius 3 is 2.18 bits per heavy atom. The molecule has 0 aliphatic heterocycles. The summed E-state index contributed by atoms with van der Waals surface area (Å²) in [5, 5.41) is 2.68. The summed E-state index contributed by atoms with van der Waals surface area (Å²) in [6.07, 6.45) is 2.43. The van der Waals surface area contributed by atoms with Gasteiger partial charge in [-0.15, -0.1) is 0 Å². The Kier molecular flexibility index (Phi) is 7.59. The molecule has 1 aromatic rings. The van der Waals surface area contributed by atoms with Crippen LogP contribution in [0.4, 0.5) is 0 Å². The summed E-state index contributed by atoms with van der Waals surface area (Å²) in [5.74, 6) is 0.902. The second-order valence-corrected chi connectivity index (χ2v) is 5.42. The Hall–Kier alpha value is -1.89. The van der Waals surface area contributed by atoms with Crippen molar-refractivity contribution in [3.63, 3.8) is 0 Å². The van der Waals surface area contributed by atoms with Crippen molar-refractivity contribution in [1.82, 2.24) is 5.32 Å². The lowest BCUT2D eigenvalue weighted by Gasteiger charge is -2.16. The van der Waals surface area contributed by atoms with Gasteiger partial charge in [0.15, 0.2) is 0 Å². The highest BCUT2D eigenvalue weighted by Gasteiger charge is 2.22. The van der Waals surface area contributed by atoms with Gasteiger partial charge in [0, 0.05) is 11.6 Å². The molecule has 122 valence electrons. The molecule has 1 amide bonds. The standard InChI is InChI=1S/C15H21NO5S/c1-19-11-7-10(8-12(9-11)20-2)14(17)16-13(5-6-22-4)15(18)21-3/h7-9,13H,5-6H2,1-4H3,(H,16,17)/t13-/m0/s1. The molecule has 0 radical (unpaired) electrons. The highest BCUT2D eigenvalue weighted by atomic mass is 32.2. The van der Waals surface area contributed by atoms with Gasteiger partial charge in [0.25, 0.3) is 5.91 Å². The van der Waals surface area contributed by atoms with Gasteiger partial charge in [-0.2, -0.15) is 11.8 Å². The quantitative estimate of drug-likeness (QED) is 0.733. The van der Waals surface area contributed by atoms with E-state index in [1.54, 1.807) is 30.0 Å². The lowest BCUT2D eigenvalue weighted by molar-refractivity contribution is -0.142. The molecule has 0 aliphatic carbocycles. The number of nitrogens with one attached hydrogen (secondary N) is 1. The van der Waals surface area contributed by atoms with E-state index >= 15 is 0 Å². The summed E-state index contributed by atoms with van der Waals surface area (Å²) in [4.78, 5) is 24.1. The van der Waals surface area contributed by atoms with Crippen molar-refractivity contribution in [2.75, 3.05) is 33.3 Å². The zero-order chi connectivity index (χ0) is 16.5. The van der Waals surface area contributed by atoms with Crippen molar-refractivity contribution in [2.24, 2.45) is 0 Å². The molecule has 0 aromatic heterocycles. The molecule has 0 unspecified atom stereocenters. The van der Waals surface area contributed by atoms with E-state index in [-0.39, 0.29) is 5.91 Å². The SMILES string of the molecule is COC(=O)[C@H](CCSC)NC(=O)c1cc(OC)cc(OC)c1. The molecular weight excluding hydrogens is 306 g/mol. The number of methoxy groups -OCH3 is 3. The van der Waals surface area contributed by atoms with Gasteiger partial charge in [-0.1, -0.05) is 0 Å². The van der Waals surface area contributed by atoms with E-state index in [0.29, 0.717) is 23.5 Å². The van der Waals surface area contributed by atoms with E-state index in [9.17, 15) is 9.59 Å². The van der Waals surface area contributed by atoms with Gasteiger partial charge >= 0.3 is 5.97 Å². The summed E-state index contributed by atoms with van der Waals surface area (Å²) in [6.45, 7) is 0. The minimum atomic E-state index is -0.679. The van der Waals surface area contributed by atoms with E-state index < -0.39 is 12.0 Å². The van der Waals surface area contributed by atoms with E-state index in [0.717, 1.165) is 5.75 Å². The maximum atomic E-state index is 12.3. The summed E-state index contributed by atoms with van der Waals surface area (Å²) in [5.41, 5.74) is 0.356. The molecule has 1 rings (SSSR count). The maximum absolute atomic E-state index is 12.3. The Morgan fingerprint density at radius 2 is 1.73 bits per heavy atom. The average Bonchev–Trinajstić information content (AvgIpc) is 2.56. The summed E-state index contributed by atoms with van der Waals surface area (Å²) >= 11 is 1.59. The second-order valence-electron chi connectivity index (χ2n) is 4.43. The van der Waals surface area contributed by atoms with Crippen molar-refractivity contribution in [3.05, 3.63) is 23.8 Å². The van der Waals surface area contributed by atoms with Gasteiger partial charge in [0.2, 0.25) is 0 Å². The molecule has 0 saturated heterocycles. The molecule has 22 heavy (non-hydrogen) atoms. The third kappa shape index (κ3) is 5.14. The molecule has 1 aromatic carbocycles. The zero-order valence-electron chi connectivity index (χ0n) is 13.2. The van der Waals surface area contributed by atoms with E-state index in [1.807, 2.05) is 6.26 Å². The normalized spacial score (nSPS) is 11.5. The van der Waals surface area contributed by atoms with E-state index in [1.165, 1.54) is 21.3 Å². The first-order chi connectivity index (χ1) is 10.5. The van der Waals surface area contributed by atoms with Crippen molar-refractivity contribution in [2.45, 2.75) is 12.5 Å². The van der Waals surface area contributed by atoms with Gasteiger partial charge in [-0.05, 0) is 30.6 Å². The number of amides is 1. The molecule has 0 fully saturated rings. The number of hydrogen-bond acceptors (Lipinski definition) is 6. The number of rotatable bonds is 8. The number of benzene rings is 1. The van der Waals surface area contributed by atoms with E-state index in [4.69, 9.17) is 14.2 Å². The first-order valence-electron chi connectivity index (χ1n) is 6.66. The van der Waals surface area contributed by atoms with Crippen LogP contribution in [0.3, 0.4) is 0 Å². The first kappa shape index (κ1) is 18.2. The van der Waals surface area contributed by atoms with Crippen LogP contribution in [0.15, 0.2) is 18.2 Å². The molecule has 6 nitrogen and oxygen atoms in total. The summed E-state index contributed by atoms with van der Waals surface area (Å²) in [7, 11) is 4.31. The van der Waals surface area contributed by atoms with Crippen LogP contribution < -0.4 is 14.8 Å². The number of thioether (sulfide) groups is 1. The zero-order valence-corrected chi connectivity index (χ0v) is 14.0. The Morgan fingerprint density at radius 1 is 1.14 bits per heavy atom. The fraction of sp³-hybridized carbons (Fsp3) is 0.467. The van der Waals surface area contributed by atoms with Gasteiger partial charge in [-0.25, -0.2) is 4.79 Å². The minimum absolute atomic E-state index is 0.356. The molecule has 0 heterocycles. The predicted octanol–water partition coefficient (Wildman–Crippen LogP) is 1.73. The van der Waals surface area contributed by atoms with Gasteiger partial charge < -0.3 is 19.5 Å². The van der Waals surface area contributed by atoms with Crippen molar-refractivity contribution < 1.29 is 23.8 Å². The Bertz CT molecular complexity index is 498. The fourth-order valence-electron chi connectivity index (χ4n) is 1.81. The lowest BCUT2D eigenvalue weighted by Crippen LogP contribution is -2.41.